The second kappa shape index (κ2) is 21.0. The first kappa shape index (κ1) is 25.6. The molecule has 27 heavy (non-hydrogen) atoms. The molecule has 0 radical (unpaired) electrons. The molecule has 156 valence electrons. The molecule has 3 heteroatoms. The zero-order valence-corrected chi connectivity index (χ0v) is 17.5. The third-order valence-corrected chi connectivity index (χ3v) is 4.69. The summed E-state index contributed by atoms with van der Waals surface area (Å²) in [5.74, 6) is -0.968. The molecular formula is C24H42O3. The van der Waals surface area contributed by atoms with Crippen molar-refractivity contribution in [1.29, 1.82) is 0 Å². The minimum Gasteiger partial charge on any atom is -0.478 e. The van der Waals surface area contributed by atoms with Crippen LogP contribution in [0.3, 0.4) is 0 Å². The van der Waals surface area contributed by atoms with Crippen molar-refractivity contribution >= 4 is 5.97 Å². The summed E-state index contributed by atoms with van der Waals surface area (Å²) in [6.45, 7) is 2.24. The van der Waals surface area contributed by atoms with E-state index in [1.165, 1.54) is 89.5 Å². The number of aliphatic carboxylic acids is 1. The van der Waals surface area contributed by atoms with Gasteiger partial charge in [0.25, 0.3) is 0 Å². The van der Waals surface area contributed by atoms with Crippen molar-refractivity contribution in [3.63, 3.8) is 0 Å². The fourth-order valence-electron chi connectivity index (χ4n) is 3.01. The summed E-state index contributed by atoms with van der Waals surface area (Å²) in [6, 6.07) is 0. The molecule has 0 aliphatic rings. The Bertz CT molecular complexity index is 410. The van der Waals surface area contributed by atoms with Crippen LogP contribution in [-0.2, 0) is 4.79 Å². The molecular weight excluding hydrogens is 336 g/mol. The van der Waals surface area contributed by atoms with Crippen LogP contribution in [0.25, 0.3) is 0 Å². The Hall–Kier alpha value is -1.35. The lowest BCUT2D eigenvalue weighted by Crippen LogP contribution is -2.01. The predicted molar refractivity (Wildman–Crippen MR) is 116 cm³/mol. The van der Waals surface area contributed by atoms with Crippen LogP contribution in [0, 0.1) is 0 Å². The molecule has 0 amide bonds. The molecule has 0 aliphatic heterocycles. The van der Waals surface area contributed by atoms with E-state index in [1.54, 1.807) is 12.2 Å². The van der Waals surface area contributed by atoms with Crippen molar-refractivity contribution in [1.82, 2.24) is 0 Å². The van der Waals surface area contributed by atoms with E-state index in [0.717, 1.165) is 18.9 Å². The molecule has 0 heterocycles. The van der Waals surface area contributed by atoms with Crippen LogP contribution in [0.1, 0.15) is 103 Å². The van der Waals surface area contributed by atoms with Crippen LogP contribution < -0.4 is 0 Å². The average molecular weight is 379 g/mol. The summed E-state index contributed by atoms with van der Waals surface area (Å²) >= 11 is 0. The monoisotopic (exact) mass is 378 g/mol. The van der Waals surface area contributed by atoms with E-state index in [1.807, 2.05) is 0 Å². The van der Waals surface area contributed by atoms with Crippen molar-refractivity contribution in [2.24, 2.45) is 0 Å². The normalized spacial score (nSPS) is 13.3. The molecule has 0 aromatic heterocycles. The number of aliphatic hydroxyl groups excluding tert-OH is 1. The molecule has 0 aromatic rings. The molecule has 0 saturated heterocycles. The van der Waals surface area contributed by atoms with Crippen LogP contribution >= 0.6 is 0 Å². The molecule has 2 N–H and O–H groups in total. The van der Waals surface area contributed by atoms with Gasteiger partial charge >= 0.3 is 5.97 Å². The molecule has 1 unspecified atom stereocenters. The van der Waals surface area contributed by atoms with Crippen LogP contribution in [0.15, 0.2) is 36.5 Å². The van der Waals surface area contributed by atoms with Gasteiger partial charge in [-0.05, 0) is 25.7 Å². The van der Waals surface area contributed by atoms with Crippen molar-refractivity contribution in [3.8, 4) is 0 Å². The van der Waals surface area contributed by atoms with Crippen molar-refractivity contribution < 1.29 is 15.0 Å². The van der Waals surface area contributed by atoms with E-state index in [4.69, 9.17) is 5.11 Å². The number of carboxylic acids is 1. The highest BCUT2D eigenvalue weighted by molar-refractivity contribution is 5.80. The van der Waals surface area contributed by atoms with E-state index < -0.39 is 12.1 Å². The van der Waals surface area contributed by atoms with E-state index in [0.29, 0.717) is 0 Å². The topological polar surface area (TPSA) is 57.5 Å². The minimum absolute atomic E-state index is 0.468. The van der Waals surface area contributed by atoms with Gasteiger partial charge in [0.15, 0.2) is 0 Å². The fraction of sp³-hybridized carbons (Fsp3) is 0.708. The highest BCUT2D eigenvalue weighted by atomic mass is 16.4. The van der Waals surface area contributed by atoms with E-state index >= 15 is 0 Å². The molecule has 0 aliphatic carbocycles. The standard InChI is InChI=1S/C24H42O3/c1-2-3-4-5-6-7-8-9-10-11-12-13-14-15-16-17-20-23(25)21-18-19-22-24(26)27/h5-6,18-19,21-23,25H,2-4,7-17,20H2,1H3,(H,26,27). The number of allylic oxidation sites excluding steroid dienone is 4. The number of hydrogen-bond donors (Lipinski definition) is 2. The van der Waals surface area contributed by atoms with Gasteiger partial charge in [0.05, 0.1) is 6.10 Å². The van der Waals surface area contributed by atoms with Gasteiger partial charge in [-0.1, -0.05) is 108 Å². The molecule has 0 saturated carbocycles. The Kier molecular flexibility index (Phi) is 19.9. The Morgan fingerprint density at radius 3 is 1.85 bits per heavy atom. The zero-order chi connectivity index (χ0) is 20.0. The predicted octanol–water partition coefficient (Wildman–Crippen LogP) is 6.97. The average Bonchev–Trinajstić information content (AvgIpc) is 2.64. The van der Waals surface area contributed by atoms with E-state index in [2.05, 4.69) is 19.1 Å². The lowest BCUT2D eigenvalue weighted by Gasteiger charge is -2.05. The summed E-state index contributed by atoms with van der Waals surface area (Å²) < 4.78 is 0. The Balaban J connectivity index is 3.27. The summed E-state index contributed by atoms with van der Waals surface area (Å²) in [4.78, 5) is 10.3. The number of rotatable bonds is 19. The van der Waals surface area contributed by atoms with Gasteiger partial charge in [-0.3, -0.25) is 0 Å². The molecule has 0 rings (SSSR count). The number of hydrogen-bond acceptors (Lipinski definition) is 2. The highest BCUT2D eigenvalue weighted by Gasteiger charge is 1.98. The number of carboxylic acid groups (broad SMARTS) is 1. The van der Waals surface area contributed by atoms with Crippen molar-refractivity contribution in [2.45, 2.75) is 109 Å². The maximum Gasteiger partial charge on any atom is 0.328 e. The minimum atomic E-state index is -0.968. The van der Waals surface area contributed by atoms with Crippen LogP contribution in [0.4, 0.5) is 0 Å². The highest BCUT2D eigenvalue weighted by Crippen LogP contribution is 2.13. The second-order valence-electron chi connectivity index (χ2n) is 7.38. The van der Waals surface area contributed by atoms with Crippen LogP contribution in [0.5, 0.6) is 0 Å². The Labute approximate surface area is 167 Å². The molecule has 0 bridgehead atoms. The number of aliphatic hydroxyl groups is 1. The molecule has 1 atom stereocenters. The van der Waals surface area contributed by atoms with Gasteiger partial charge in [-0.15, -0.1) is 0 Å². The molecule has 0 fully saturated rings. The zero-order valence-electron chi connectivity index (χ0n) is 17.5. The second-order valence-corrected chi connectivity index (χ2v) is 7.38. The first-order chi connectivity index (χ1) is 13.2. The van der Waals surface area contributed by atoms with Gasteiger partial charge in [0.2, 0.25) is 0 Å². The van der Waals surface area contributed by atoms with Gasteiger partial charge < -0.3 is 10.2 Å². The summed E-state index contributed by atoms with van der Waals surface area (Å²) in [5, 5.41) is 18.2. The van der Waals surface area contributed by atoms with E-state index in [9.17, 15) is 9.90 Å². The Morgan fingerprint density at radius 2 is 1.30 bits per heavy atom. The smallest absolute Gasteiger partial charge is 0.328 e. The largest absolute Gasteiger partial charge is 0.478 e. The van der Waals surface area contributed by atoms with Gasteiger partial charge in [0.1, 0.15) is 0 Å². The summed E-state index contributed by atoms with van der Waals surface area (Å²) in [7, 11) is 0. The number of unbranched alkanes of at least 4 members (excludes halogenated alkanes) is 12. The third kappa shape index (κ3) is 22.6. The molecule has 3 nitrogen and oxygen atoms in total. The summed E-state index contributed by atoms with van der Waals surface area (Å²) in [5.41, 5.74) is 0. The maximum atomic E-state index is 10.3. The lowest BCUT2D eigenvalue weighted by atomic mass is 10.0. The Morgan fingerprint density at radius 1 is 0.778 bits per heavy atom. The SMILES string of the molecule is CCCCC=CCCCCCCCCCCCCC(O)C=CC=CC(=O)O. The fourth-order valence-corrected chi connectivity index (χ4v) is 3.01. The third-order valence-electron chi connectivity index (χ3n) is 4.69. The first-order valence-corrected chi connectivity index (χ1v) is 11.1. The first-order valence-electron chi connectivity index (χ1n) is 11.1. The molecule has 0 spiro atoms. The van der Waals surface area contributed by atoms with Gasteiger partial charge in [-0.2, -0.15) is 0 Å². The van der Waals surface area contributed by atoms with Crippen molar-refractivity contribution in [2.75, 3.05) is 0 Å². The van der Waals surface area contributed by atoms with E-state index in [-0.39, 0.29) is 0 Å². The van der Waals surface area contributed by atoms with Crippen LogP contribution in [0.2, 0.25) is 0 Å². The quantitative estimate of drug-likeness (QED) is 0.110. The maximum absolute atomic E-state index is 10.3. The van der Waals surface area contributed by atoms with Crippen LogP contribution in [-0.4, -0.2) is 22.3 Å². The van der Waals surface area contributed by atoms with Crippen molar-refractivity contribution in [3.05, 3.63) is 36.5 Å². The molecule has 0 aromatic carbocycles. The lowest BCUT2D eigenvalue weighted by molar-refractivity contribution is -0.131. The van der Waals surface area contributed by atoms with Gasteiger partial charge in [0, 0.05) is 6.08 Å². The number of carbonyl (C=O) groups is 1. The van der Waals surface area contributed by atoms with Gasteiger partial charge in [-0.25, -0.2) is 4.79 Å². The summed E-state index contributed by atoms with van der Waals surface area (Å²) in [6.07, 6.45) is 28.7.